The van der Waals surface area contributed by atoms with Gasteiger partial charge in [-0.15, -0.1) is 0 Å². The van der Waals surface area contributed by atoms with Crippen LogP contribution in [-0.4, -0.2) is 36.8 Å². The van der Waals surface area contributed by atoms with Gasteiger partial charge in [0.15, 0.2) is 0 Å². The lowest BCUT2D eigenvalue weighted by Crippen LogP contribution is -2.43. The molecular weight excluding hydrogens is 265 g/mol. The van der Waals surface area contributed by atoms with Crippen LogP contribution in [0.25, 0.3) is 0 Å². The van der Waals surface area contributed by atoms with Crippen LogP contribution in [0, 0.1) is 13.8 Å². The maximum Gasteiger partial charge on any atom is 0.401 e. The number of hydrogen-bond acceptors (Lipinski definition) is 2. The van der Waals surface area contributed by atoms with E-state index < -0.39 is 12.7 Å². The number of aryl methyl sites for hydroxylation is 2. The van der Waals surface area contributed by atoms with Gasteiger partial charge in [-0.3, -0.25) is 4.90 Å². The molecule has 1 aromatic rings. The first-order valence-electron chi connectivity index (χ1n) is 6.96. The molecule has 2 rings (SSSR count). The summed E-state index contributed by atoms with van der Waals surface area (Å²) in [5.41, 5.74) is 3.49. The van der Waals surface area contributed by atoms with Gasteiger partial charge in [0.2, 0.25) is 0 Å². The predicted octanol–water partition coefficient (Wildman–Crippen LogP) is 3.74. The Morgan fingerprint density at radius 1 is 1.20 bits per heavy atom. The van der Waals surface area contributed by atoms with E-state index in [1.54, 1.807) is 0 Å². The smallest absolute Gasteiger partial charge is 0.382 e. The van der Waals surface area contributed by atoms with Crippen molar-refractivity contribution in [2.24, 2.45) is 0 Å². The predicted molar refractivity (Wildman–Crippen MR) is 75.1 cm³/mol. The standard InChI is InChI=1S/C15H21F3N2/c1-11-3-4-14(12(2)9-11)19-13-5-7-20(8-6-13)10-15(16,17)18/h3-4,9,13,19H,5-8,10H2,1-2H3. The van der Waals surface area contributed by atoms with Crippen molar-refractivity contribution in [2.75, 3.05) is 25.0 Å². The lowest BCUT2D eigenvalue weighted by Gasteiger charge is -2.33. The van der Waals surface area contributed by atoms with Crippen LogP contribution in [0.15, 0.2) is 18.2 Å². The first kappa shape index (κ1) is 15.2. The van der Waals surface area contributed by atoms with Gasteiger partial charge in [0.1, 0.15) is 0 Å². The molecule has 1 fully saturated rings. The Bertz CT molecular complexity index is 449. The largest absolute Gasteiger partial charge is 0.401 e. The molecule has 1 N–H and O–H groups in total. The lowest BCUT2D eigenvalue weighted by atomic mass is 10.0. The monoisotopic (exact) mass is 286 g/mol. The number of likely N-dealkylation sites (tertiary alicyclic amines) is 1. The second kappa shape index (κ2) is 6.04. The molecule has 0 saturated carbocycles. The van der Waals surface area contributed by atoms with E-state index >= 15 is 0 Å². The van der Waals surface area contributed by atoms with Crippen molar-refractivity contribution in [3.05, 3.63) is 29.3 Å². The highest BCUT2D eigenvalue weighted by Crippen LogP contribution is 2.23. The number of anilines is 1. The van der Waals surface area contributed by atoms with Gasteiger partial charge in [0.05, 0.1) is 6.54 Å². The van der Waals surface area contributed by atoms with E-state index in [1.165, 1.54) is 16.0 Å². The van der Waals surface area contributed by atoms with Gasteiger partial charge in [-0.2, -0.15) is 13.2 Å². The molecule has 0 unspecified atom stereocenters. The third kappa shape index (κ3) is 4.40. The van der Waals surface area contributed by atoms with E-state index in [-0.39, 0.29) is 6.04 Å². The minimum atomic E-state index is -4.09. The molecule has 2 nitrogen and oxygen atoms in total. The Kier molecular flexibility index (Phi) is 4.58. The van der Waals surface area contributed by atoms with E-state index in [1.807, 2.05) is 26.0 Å². The first-order chi connectivity index (χ1) is 9.33. The summed E-state index contributed by atoms with van der Waals surface area (Å²) in [5.74, 6) is 0. The van der Waals surface area contributed by atoms with Crippen molar-refractivity contribution in [3.63, 3.8) is 0 Å². The zero-order chi connectivity index (χ0) is 14.8. The Morgan fingerprint density at radius 3 is 2.40 bits per heavy atom. The Labute approximate surface area is 118 Å². The van der Waals surface area contributed by atoms with Crippen LogP contribution in [0.4, 0.5) is 18.9 Å². The molecule has 0 amide bonds. The normalized spacial score (nSPS) is 18.2. The minimum Gasteiger partial charge on any atom is -0.382 e. The summed E-state index contributed by atoms with van der Waals surface area (Å²) < 4.78 is 37.0. The van der Waals surface area contributed by atoms with Gasteiger partial charge >= 0.3 is 6.18 Å². The molecule has 0 aliphatic carbocycles. The summed E-state index contributed by atoms with van der Waals surface area (Å²) in [6, 6.07) is 6.48. The maximum atomic E-state index is 12.3. The summed E-state index contributed by atoms with van der Waals surface area (Å²) in [6.45, 7) is 4.31. The fourth-order valence-electron chi connectivity index (χ4n) is 2.68. The third-order valence-electron chi connectivity index (χ3n) is 3.73. The van der Waals surface area contributed by atoms with Gasteiger partial charge in [0, 0.05) is 24.8 Å². The molecule has 20 heavy (non-hydrogen) atoms. The average Bonchev–Trinajstić information content (AvgIpc) is 2.33. The second-order valence-electron chi connectivity index (χ2n) is 5.63. The van der Waals surface area contributed by atoms with Gasteiger partial charge in [-0.05, 0) is 38.3 Å². The number of nitrogens with zero attached hydrogens (tertiary/aromatic N) is 1. The minimum absolute atomic E-state index is 0.265. The average molecular weight is 286 g/mol. The molecule has 0 aromatic heterocycles. The third-order valence-corrected chi connectivity index (χ3v) is 3.73. The number of halogens is 3. The maximum absolute atomic E-state index is 12.3. The number of benzene rings is 1. The number of nitrogens with one attached hydrogen (secondary N) is 1. The number of hydrogen-bond donors (Lipinski definition) is 1. The quantitative estimate of drug-likeness (QED) is 0.910. The molecule has 0 atom stereocenters. The van der Waals surface area contributed by atoms with Crippen LogP contribution in [0.2, 0.25) is 0 Å². The molecule has 1 aliphatic rings. The zero-order valence-electron chi connectivity index (χ0n) is 11.9. The SMILES string of the molecule is Cc1ccc(NC2CCN(CC(F)(F)F)CC2)c(C)c1. The van der Waals surface area contributed by atoms with E-state index in [0.29, 0.717) is 13.1 Å². The van der Waals surface area contributed by atoms with Crippen LogP contribution in [0.5, 0.6) is 0 Å². The fraction of sp³-hybridized carbons (Fsp3) is 0.600. The molecule has 1 saturated heterocycles. The van der Waals surface area contributed by atoms with E-state index in [2.05, 4.69) is 11.4 Å². The molecule has 1 aromatic carbocycles. The number of piperidine rings is 1. The molecule has 0 spiro atoms. The Hall–Kier alpha value is -1.23. The molecule has 0 radical (unpaired) electrons. The van der Waals surface area contributed by atoms with E-state index in [0.717, 1.165) is 18.5 Å². The lowest BCUT2D eigenvalue weighted by molar-refractivity contribution is -0.147. The van der Waals surface area contributed by atoms with Crippen LogP contribution in [-0.2, 0) is 0 Å². The summed E-state index contributed by atoms with van der Waals surface area (Å²) in [7, 11) is 0. The number of rotatable bonds is 3. The summed E-state index contributed by atoms with van der Waals surface area (Å²) in [6.07, 6.45) is -2.58. The molecule has 112 valence electrons. The highest BCUT2D eigenvalue weighted by molar-refractivity contribution is 5.52. The Morgan fingerprint density at radius 2 is 1.85 bits per heavy atom. The van der Waals surface area contributed by atoms with Crippen LogP contribution >= 0.6 is 0 Å². The fourth-order valence-corrected chi connectivity index (χ4v) is 2.68. The molecule has 5 heteroatoms. The molecular formula is C15H21F3N2. The molecule has 1 aliphatic heterocycles. The van der Waals surface area contributed by atoms with Crippen molar-refractivity contribution in [1.82, 2.24) is 4.90 Å². The van der Waals surface area contributed by atoms with Crippen molar-refractivity contribution in [2.45, 2.75) is 38.9 Å². The van der Waals surface area contributed by atoms with Gasteiger partial charge < -0.3 is 5.32 Å². The van der Waals surface area contributed by atoms with Gasteiger partial charge in [0.25, 0.3) is 0 Å². The zero-order valence-corrected chi connectivity index (χ0v) is 11.9. The Balaban J connectivity index is 1.85. The molecule has 0 bridgehead atoms. The van der Waals surface area contributed by atoms with Crippen LogP contribution in [0.1, 0.15) is 24.0 Å². The van der Waals surface area contributed by atoms with Crippen LogP contribution in [0.3, 0.4) is 0 Å². The highest BCUT2D eigenvalue weighted by atomic mass is 19.4. The van der Waals surface area contributed by atoms with Crippen molar-refractivity contribution >= 4 is 5.69 Å². The van der Waals surface area contributed by atoms with Crippen molar-refractivity contribution in [3.8, 4) is 0 Å². The summed E-state index contributed by atoms with van der Waals surface area (Å²) in [4.78, 5) is 1.49. The summed E-state index contributed by atoms with van der Waals surface area (Å²) in [5, 5.41) is 3.45. The van der Waals surface area contributed by atoms with Gasteiger partial charge in [-0.1, -0.05) is 17.7 Å². The number of alkyl halides is 3. The summed E-state index contributed by atoms with van der Waals surface area (Å²) >= 11 is 0. The molecule has 1 heterocycles. The van der Waals surface area contributed by atoms with E-state index in [4.69, 9.17) is 0 Å². The van der Waals surface area contributed by atoms with Crippen LogP contribution < -0.4 is 5.32 Å². The first-order valence-corrected chi connectivity index (χ1v) is 6.96. The second-order valence-corrected chi connectivity index (χ2v) is 5.63. The van der Waals surface area contributed by atoms with E-state index in [9.17, 15) is 13.2 Å². The topological polar surface area (TPSA) is 15.3 Å². The van der Waals surface area contributed by atoms with Crippen molar-refractivity contribution in [1.29, 1.82) is 0 Å². The highest BCUT2D eigenvalue weighted by Gasteiger charge is 2.32. The van der Waals surface area contributed by atoms with Gasteiger partial charge in [-0.25, -0.2) is 0 Å². The van der Waals surface area contributed by atoms with Crippen molar-refractivity contribution < 1.29 is 13.2 Å².